The first-order valence-corrected chi connectivity index (χ1v) is 14.2. The number of aliphatic hydroxyl groups is 1. The highest BCUT2D eigenvalue weighted by Crippen LogP contribution is 2.71. The third-order valence-electron chi connectivity index (χ3n) is 12.1. The molecule has 4 saturated carbocycles. The lowest BCUT2D eigenvalue weighted by Gasteiger charge is -2.62. The molecular formula is C29H46O5. The molecule has 2 heterocycles. The predicted octanol–water partition coefficient (Wildman–Crippen LogP) is 5.34. The molecular weight excluding hydrogens is 428 g/mol. The van der Waals surface area contributed by atoms with Crippen molar-refractivity contribution >= 4 is 5.97 Å². The van der Waals surface area contributed by atoms with Crippen molar-refractivity contribution in [2.75, 3.05) is 6.61 Å². The minimum atomic E-state index is -0.401. The molecule has 0 radical (unpaired) electrons. The monoisotopic (exact) mass is 474 g/mol. The highest BCUT2D eigenvalue weighted by atomic mass is 16.7. The van der Waals surface area contributed by atoms with Crippen LogP contribution >= 0.6 is 0 Å². The van der Waals surface area contributed by atoms with Crippen LogP contribution in [0.25, 0.3) is 0 Å². The Morgan fingerprint density at radius 1 is 1.00 bits per heavy atom. The summed E-state index contributed by atoms with van der Waals surface area (Å²) in [4.78, 5) is 11.7. The second kappa shape index (κ2) is 7.92. The van der Waals surface area contributed by atoms with Gasteiger partial charge in [-0.1, -0.05) is 27.7 Å². The van der Waals surface area contributed by atoms with Crippen LogP contribution in [-0.2, 0) is 19.0 Å². The average molecular weight is 475 g/mol. The summed E-state index contributed by atoms with van der Waals surface area (Å²) in [5, 5.41) is 11.9. The third-order valence-corrected chi connectivity index (χ3v) is 12.1. The third kappa shape index (κ3) is 3.24. The zero-order chi connectivity index (χ0) is 24.0. The number of fused-ring (bicyclic) bond motifs is 7. The van der Waals surface area contributed by atoms with Gasteiger partial charge in [-0.05, 0) is 97.7 Å². The summed E-state index contributed by atoms with van der Waals surface area (Å²) < 4.78 is 19.0. The maximum Gasteiger partial charge on any atom is 0.302 e. The minimum absolute atomic E-state index is 0.00928. The van der Waals surface area contributed by atoms with Crippen LogP contribution in [0.2, 0.25) is 0 Å². The quantitative estimate of drug-likeness (QED) is 0.520. The molecule has 3 unspecified atom stereocenters. The van der Waals surface area contributed by atoms with Crippen LogP contribution in [-0.4, -0.2) is 41.8 Å². The van der Waals surface area contributed by atoms with Gasteiger partial charge in [0.1, 0.15) is 6.10 Å². The number of hydrogen-bond acceptors (Lipinski definition) is 5. The molecule has 2 saturated heterocycles. The van der Waals surface area contributed by atoms with E-state index in [0.717, 1.165) is 45.1 Å². The van der Waals surface area contributed by atoms with Crippen LogP contribution in [0, 0.1) is 52.3 Å². The standard InChI is InChI=1S/C29H46O5/c1-16-10-11-29(32-15-16)17(2)25-24(34-29)12-22-21-9-7-19-6-8-20(33-18(3)30)13-27(19,4)26(21)23(31)14-28(22,25)5/h16-17,19-26,31H,6-15H2,1-5H3/t16-,17+,19?,20?,21+,22+,23?,24+,25+,26-,27+,28+,29-/m1/s1. The fourth-order valence-electron chi connectivity index (χ4n) is 10.8. The van der Waals surface area contributed by atoms with E-state index >= 15 is 0 Å². The van der Waals surface area contributed by atoms with Crippen molar-refractivity contribution in [2.45, 2.75) is 117 Å². The maximum absolute atomic E-state index is 11.9. The summed E-state index contributed by atoms with van der Waals surface area (Å²) in [6.45, 7) is 11.9. The van der Waals surface area contributed by atoms with Gasteiger partial charge in [0, 0.05) is 19.3 Å². The molecule has 5 heteroatoms. The van der Waals surface area contributed by atoms with Crippen molar-refractivity contribution in [2.24, 2.45) is 52.3 Å². The Morgan fingerprint density at radius 3 is 2.47 bits per heavy atom. The van der Waals surface area contributed by atoms with E-state index in [1.807, 2.05) is 0 Å². The molecule has 13 atom stereocenters. The summed E-state index contributed by atoms with van der Waals surface area (Å²) in [5.41, 5.74) is 0.157. The van der Waals surface area contributed by atoms with Gasteiger partial charge in [0.2, 0.25) is 0 Å². The molecule has 1 N–H and O–H groups in total. The van der Waals surface area contributed by atoms with E-state index in [-0.39, 0.29) is 35.1 Å². The van der Waals surface area contributed by atoms with E-state index in [0.29, 0.717) is 41.4 Å². The zero-order valence-electron chi connectivity index (χ0n) is 21.9. The van der Waals surface area contributed by atoms with Gasteiger partial charge in [0.05, 0.1) is 18.8 Å². The smallest absolute Gasteiger partial charge is 0.302 e. The number of ether oxygens (including phenoxy) is 3. The van der Waals surface area contributed by atoms with E-state index in [4.69, 9.17) is 14.2 Å². The van der Waals surface area contributed by atoms with Crippen molar-refractivity contribution in [3.05, 3.63) is 0 Å². The molecule has 0 amide bonds. The second-order valence-electron chi connectivity index (χ2n) is 13.8. The maximum atomic E-state index is 11.9. The van der Waals surface area contributed by atoms with E-state index in [2.05, 4.69) is 27.7 Å². The molecule has 4 aliphatic carbocycles. The molecule has 192 valence electrons. The van der Waals surface area contributed by atoms with Crippen molar-refractivity contribution in [3.8, 4) is 0 Å². The summed E-state index contributed by atoms with van der Waals surface area (Å²) in [6, 6.07) is 0. The van der Waals surface area contributed by atoms with Gasteiger partial charge in [-0.3, -0.25) is 4.79 Å². The topological polar surface area (TPSA) is 65.0 Å². The SMILES string of the molecule is CC(=O)OC1CCC2CC[C@H]3[C@@H]4C[C@@H]5O[C@]6(CC[C@@H](C)CO6)[C@@H](C)[C@@H]5[C@@]4(C)CC(O)[C@@H]3[C@@]2(C)C1. The molecule has 0 aromatic rings. The Bertz CT molecular complexity index is 819. The first-order chi connectivity index (χ1) is 16.1. The molecule has 0 bridgehead atoms. The van der Waals surface area contributed by atoms with Gasteiger partial charge < -0.3 is 19.3 Å². The Kier molecular flexibility index (Phi) is 5.53. The molecule has 1 spiro atoms. The number of esters is 1. The molecule has 0 aromatic carbocycles. The lowest BCUT2D eigenvalue weighted by Crippen LogP contribution is -2.60. The van der Waals surface area contributed by atoms with Crippen LogP contribution in [0.15, 0.2) is 0 Å². The van der Waals surface area contributed by atoms with Gasteiger partial charge >= 0.3 is 5.97 Å². The van der Waals surface area contributed by atoms with E-state index in [1.54, 1.807) is 0 Å². The fraction of sp³-hybridized carbons (Fsp3) is 0.966. The number of aliphatic hydroxyl groups excluding tert-OH is 1. The predicted molar refractivity (Wildman–Crippen MR) is 129 cm³/mol. The van der Waals surface area contributed by atoms with Crippen LogP contribution in [0.5, 0.6) is 0 Å². The number of hydrogen-bond donors (Lipinski definition) is 1. The minimum Gasteiger partial charge on any atom is -0.463 e. The van der Waals surface area contributed by atoms with Gasteiger partial charge in [-0.15, -0.1) is 0 Å². The van der Waals surface area contributed by atoms with E-state index < -0.39 is 5.79 Å². The van der Waals surface area contributed by atoms with Gasteiger partial charge in [-0.2, -0.15) is 0 Å². The number of carbonyl (C=O) groups excluding carboxylic acids is 1. The fourth-order valence-corrected chi connectivity index (χ4v) is 10.8. The summed E-state index contributed by atoms with van der Waals surface area (Å²) in [5.74, 6) is 2.96. The molecule has 6 aliphatic rings. The molecule has 6 rings (SSSR count). The highest BCUT2D eigenvalue weighted by Gasteiger charge is 2.70. The Morgan fingerprint density at radius 2 is 1.76 bits per heavy atom. The molecule has 2 aliphatic heterocycles. The van der Waals surface area contributed by atoms with E-state index in [9.17, 15) is 9.90 Å². The Hall–Kier alpha value is -0.650. The van der Waals surface area contributed by atoms with Gasteiger partial charge in [0.25, 0.3) is 0 Å². The van der Waals surface area contributed by atoms with Crippen LogP contribution < -0.4 is 0 Å². The number of rotatable bonds is 1. The Labute approximate surface area is 205 Å². The van der Waals surface area contributed by atoms with Gasteiger partial charge in [0.15, 0.2) is 5.79 Å². The van der Waals surface area contributed by atoms with Crippen molar-refractivity contribution in [3.63, 3.8) is 0 Å². The first-order valence-electron chi connectivity index (χ1n) is 14.2. The summed E-state index contributed by atoms with van der Waals surface area (Å²) in [6.07, 6.45) is 9.65. The lowest BCUT2D eigenvalue weighted by molar-refractivity contribution is -0.274. The van der Waals surface area contributed by atoms with Crippen molar-refractivity contribution in [1.82, 2.24) is 0 Å². The van der Waals surface area contributed by atoms with Crippen LogP contribution in [0.4, 0.5) is 0 Å². The molecule has 6 fully saturated rings. The average Bonchev–Trinajstić information content (AvgIpc) is 3.19. The Balaban J connectivity index is 1.27. The van der Waals surface area contributed by atoms with Crippen LogP contribution in [0.1, 0.15) is 92.4 Å². The van der Waals surface area contributed by atoms with Crippen molar-refractivity contribution in [1.29, 1.82) is 0 Å². The molecule has 34 heavy (non-hydrogen) atoms. The highest BCUT2D eigenvalue weighted by molar-refractivity contribution is 5.66. The van der Waals surface area contributed by atoms with Crippen LogP contribution in [0.3, 0.4) is 0 Å². The summed E-state index contributed by atoms with van der Waals surface area (Å²) >= 11 is 0. The second-order valence-corrected chi connectivity index (χ2v) is 13.8. The lowest BCUT2D eigenvalue weighted by atomic mass is 9.43. The molecule has 0 aromatic heterocycles. The largest absolute Gasteiger partial charge is 0.463 e. The molecule has 5 nitrogen and oxygen atoms in total. The van der Waals surface area contributed by atoms with E-state index in [1.165, 1.54) is 26.2 Å². The van der Waals surface area contributed by atoms with Crippen molar-refractivity contribution < 1.29 is 24.1 Å². The zero-order valence-corrected chi connectivity index (χ0v) is 21.9. The first kappa shape index (κ1) is 23.7. The summed E-state index contributed by atoms with van der Waals surface area (Å²) in [7, 11) is 0. The number of carbonyl (C=O) groups is 1. The van der Waals surface area contributed by atoms with Gasteiger partial charge in [-0.25, -0.2) is 0 Å². The normalized spacial score (nSPS) is 58.5.